The van der Waals surface area contributed by atoms with E-state index in [0.29, 0.717) is 75.9 Å². The van der Waals surface area contributed by atoms with Gasteiger partial charge in [-0.15, -0.1) is 0 Å². The molecule has 3 aromatic heterocycles. The molecule has 2 atom stereocenters. The first-order chi connectivity index (χ1) is 29.7. The number of pyridine rings is 1. The summed E-state index contributed by atoms with van der Waals surface area (Å²) in [5, 5.41) is 11.9. The molecule has 8 rings (SSSR count). The van der Waals surface area contributed by atoms with Crippen LogP contribution in [0.15, 0.2) is 108 Å². The van der Waals surface area contributed by atoms with Gasteiger partial charge < -0.3 is 33.7 Å². The zero-order chi connectivity index (χ0) is 42.5. The summed E-state index contributed by atoms with van der Waals surface area (Å²) in [6, 6.07) is 24.7. The number of nitrogens with zero attached hydrogens (tertiary/aromatic N) is 5. The van der Waals surface area contributed by atoms with Gasteiger partial charge in [-0.1, -0.05) is 54.1 Å². The van der Waals surface area contributed by atoms with E-state index in [4.69, 9.17) is 49.6 Å². The minimum absolute atomic E-state index is 0.00288. The van der Waals surface area contributed by atoms with Crippen LogP contribution in [0.1, 0.15) is 49.4 Å². The normalized spacial score (nSPS) is 16.2. The number of methoxy groups -OCH3 is 2. The maximum Gasteiger partial charge on any atom is 0.345 e. The maximum atomic E-state index is 13.0. The van der Waals surface area contributed by atoms with Crippen molar-refractivity contribution < 1.29 is 33.6 Å². The number of allylic oxidation sites excluding steroid dienone is 4. The second-order valence-corrected chi connectivity index (χ2v) is 16.2. The summed E-state index contributed by atoms with van der Waals surface area (Å²) in [6.45, 7) is 3.76. The Kier molecular flexibility index (Phi) is 12.8. The molecule has 0 saturated carbocycles. The number of likely N-dealkylation sites (tertiary alicyclic amines) is 1. The molecule has 3 aromatic carbocycles. The molecule has 1 unspecified atom stereocenters. The number of aliphatic carboxylic acids is 1. The molecule has 1 aliphatic carbocycles. The van der Waals surface area contributed by atoms with Crippen LogP contribution in [0.2, 0.25) is 0 Å². The van der Waals surface area contributed by atoms with Crippen molar-refractivity contribution in [1.82, 2.24) is 24.2 Å². The summed E-state index contributed by atoms with van der Waals surface area (Å²) in [5.74, 6) is 2.17. The van der Waals surface area contributed by atoms with E-state index in [0.717, 1.165) is 57.7 Å². The fourth-order valence-electron chi connectivity index (χ4n) is 7.90. The molecular weight excluding hydrogens is 814 g/mol. The Morgan fingerprint density at radius 1 is 0.984 bits per heavy atom. The fraction of sp³-hybridized carbons (Fsp3) is 0.298. The average Bonchev–Trinajstić information content (AvgIpc) is 3.91. The van der Waals surface area contributed by atoms with E-state index in [9.17, 15) is 9.90 Å². The molecule has 14 heteroatoms. The molecule has 2 aliphatic rings. The lowest BCUT2D eigenvalue weighted by atomic mass is 9.87. The van der Waals surface area contributed by atoms with Crippen molar-refractivity contribution in [3.8, 4) is 45.8 Å². The largest absolute Gasteiger partial charge is 0.497 e. The zero-order valence-electron chi connectivity index (χ0n) is 34.4. The lowest BCUT2D eigenvalue weighted by molar-refractivity contribution is -0.145. The van der Waals surface area contributed by atoms with Crippen molar-refractivity contribution in [3.63, 3.8) is 0 Å². The highest BCUT2D eigenvalue weighted by Gasteiger charge is 2.31. The van der Waals surface area contributed by atoms with Crippen LogP contribution in [0.25, 0.3) is 38.3 Å². The van der Waals surface area contributed by atoms with E-state index in [1.54, 1.807) is 38.7 Å². The van der Waals surface area contributed by atoms with Gasteiger partial charge in [0.1, 0.15) is 36.2 Å². The van der Waals surface area contributed by atoms with Crippen molar-refractivity contribution in [2.45, 2.75) is 57.8 Å². The van der Waals surface area contributed by atoms with Gasteiger partial charge in [0.25, 0.3) is 0 Å². The van der Waals surface area contributed by atoms with Crippen LogP contribution in [0.4, 0.5) is 0 Å². The summed E-state index contributed by atoms with van der Waals surface area (Å²) < 4.78 is 35.7. The van der Waals surface area contributed by atoms with Gasteiger partial charge in [0.05, 0.1) is 46.3 Å². The van der Waals surface area contributed by atoms with E-state index in [-0.39, 0.29) is 18.9 Å². The van der Waals surface area contributed by atoms with Gasteiger partial charge in [-0.3, -0.25) is 4.98 Å². The van der Waals surface area contributed by atoms with Gasteiger partial charge >= 0.3 is 5.97 Å². The summed E-state index contributed by atoms with van der Waals surface area (Å²) in [4.78, 5) is 29.5. The SMILES string of the molecule is COc1cccc(-c2ncc3snc(O[C@H](Cc4ccccc4OCc4ccnc(-c5ccccc5OC)n4)C(=O)O)c3c2C2=C(C)C(Cl)=C(OCC3CCCN3C)CC2)c1. The van der Waals surface area contributed by atoms with Crippen molar-refractivity contribution in [3.05, 3.63) is 124 Å². The van der Waals surface area contributed by atoms with Crippen molar-refractivity contribution in [2.24, 2.45) is 0 Å². The van der Waals surface area contributed by atoms with Crippen molar-refractivity contribution in [1.29, 1.82) is 0 Å². The second kappa shape index (κ2) is 18.7. The molecule has 0 amide bonds. The van der Waals surface area contributed by atoms with Crippen LogP contribution in [0.5, 0.6) is 23.1 Å². The number of hydrogen-bond donors (Lipinski definition) is 1. The Bertz CT molecular complexity index is 2630. The van der Waals surface area contributed by atoms with E-state index in [1.165, 1.54) is 11.5 Å². The molecule has 1 saturated heterocycles. The number of carboxylic acids is 1. The Labute approximate surface area is 363 Å². The first-order valence-corrected chi connectivity index (χ1v) is 21.3. The monoisotopic (exact) mass is 859 g/mol. The molecule has 314 valence electrons. The lowest BCUT2D eigenvalue weighted by Gasteiger charge is -2.26. The molecule has 1 fully saturated rings. The minimum Gasteiger partial charge on any atom is -0.497 e. The van der Waals surface area contributed by atoms with Crippen LogP contribution < -0.4 is 18.9 Å². The Morgan fingerprint density at radius 3 is 2.59 bits per heavy atom. The predicted molar refractivity (Wildman–Crippen MR) is 236 cm³/mol. The third-order valence-electron chi connectivity index (χ3n) is 11.2. The Morgan fingerprint density at radius 2 is 1.80 bits per heavy atom. The standard InChI is InChI=1S/C47H46ClN5O7S/c1-28-34(18-19-38(43(28)48)59-27-32-13-10-22-53(32)2)41-42-40(25-50-44(41)30-12-9-14-33(23-30)56-3)61-52-46(42)60-39(47(54)55)24-29-11-5-7-16-36(29)58-26-31-20-21-49-45(51-31)35-15-6-8-17-37(35)57-4/h5-9,11-12,14-17,20-21,23,25,32,39H,10,13,18-19,22,24,26-27H2,1-4H3,(H,54,55)/t32?,39-/m1/s1. The molecule has 0 spiro atoms. The average molecular weight is 860 g/mol. The van der Waals surface area contributed by atoms with Gasteiger partial charge in [0, 0.05) is 42.4 Å². The first kappa shape index (κ1) is 41.7. The topological polar surface area (TPSA) is 138 Å². The van der Waals surface area contributed by atoms with Crippen LogP contribution >= 0.6 is 23.1 Å². The molecule has 61 heavy (non-hydrogen) atoms. The molecule has 1 N–H and O–H groups in total. The number of carboxylic acid groups (broad SMARTS) is 1. The summed E-state index contributed by atoms with van der Waals surface area (Å²) in [7, 11) is 5.36. The number of aromatic nitrogens is 4. The smallest absolute Gasteiger partial charge is 0.345 e. The van der Waals surface area contributed by atoms with Gasteiger partial charge in [-0.25, -0.2) is 14.8 Å². The second-order valence-electron chi connectivity index (χ2n) is 15.0. The molecule has 1 aliphatic heterocycles. The Hall–Kier alpha value is -6.02. The van der Waals surface area contributed by atoms with E-state index >= 15 is 0 Å². The van der Waals surface area contributed by atoms with Gasteiger partial charge in [0.2, 0.25) is 12.0 Å². The van der Waals surface area contributed by atoms with Crippen LogP contribution in [-0.2, 0) is 22.6 Å². The summed E-state index contributed by atoms with van der Waals surface area (Å²) in [5.41, 5.74) is 6.14. The highest BCUT2D eigenvalue weighted by molar-refractivity contribution is 7.13. The van der Waals surface area contributed by atoms with Crippen molar-refractivity contribution >= 4 is 44.8 Å². The number of benzene rings is 3. The predicted octanol–water partition coefficient (Wildman–Crippen LogP) is 9.61. The van der Waals surface area contributed by atoms with Gasteiger partial charge in [-0.05, 0) is 104 Å². The first-order valence-electron chi connectivity index (χ1n) is 20.1. The molecule has 0 radical (unpaired) electrons. The fourth-order valence-corrected chi connectivity index (χ4v) is 8.86. The highest BCUT2D eigenvalue weighted by Crippen LogP contribution is 2.47. The number of para-hydroxylation sites is 2. The Balaban J connectivity index is 1.11. The number of hydrogen-bond acceptors (Lipinski definition) is 12. The molecule has 0 bridgehead atoms. The lowest BCUT2D eigenvalue weighted by Crippen LogP contribution is -2.30. The summed E-state index contributed by atoms with van der Waals surface area (Å²) in [6.07, 6.45) is 5.57. The number of halogens is 1. The van der Waals surface area contributed by atoms with E-state index < -0.39 is 12.1 Å². The van der Waals surface area contributed by atoms with E-state index in [1.807, 2.05) is 73.7 Å². The molecule has 6 aromatic rings. The molecular formula is C47H46ClN5O7S. The number of ether oxygens (including phenoxy) is 5. The maximum absolute atomic E-state index is 13.0. The number of likely N-dealkylation sites (N-methyl/N-ethyl adjacent to an activating group) is 1. The summed E-state index contributed by atoms with van der Waals surface area (Å²) >= 11 is 8.35. The van der Waals surface area contributed by atoms with Crippen LogP contribution in [-0.4, -0.2) is 81.9 Å². The highest BCUT2D eigenvalue weighted by atomic mass is 35.5. The quantitative estimate of drug-likeness (QED) is 0.0992. The number of carbonyl (C=O) groups is 1. The third kappa shape index (κ3) is 9.05. The van der Waals surface area contributed by atoms with Crippen molar-refractivity contribution in [2.75, 3.05) is 34.4 Å². The number of rotatable bonds is 16. The van der Waals surface area contributed by atoms with Gasteiger partial charge in [-0.2, -0.15) is 4.37 Å². The number of fused-ring (bicyclic) bond motifs is 1. The minimum atomic E-state index is -1.31. The third-order valence-corrected chi connectivity index (χ3v) is 12.5. The van der Waals surface area contributed by atoms with Crippen LogP contribution in [0.3, 0.4) is 0 Å². The van der Waals surface area contributed by atoms with Gasteiger partial charge in [0.15, 0.2) is 5.82 Å². The van der Waals surface area contributed by atoms with E-state index in [2.05, 4.69) is 16.9 Å². The molecule has 4 heterocycles. The zero-order valence-corrected chi connectivity index (χ0v) is 36.0. The molecule has 12 nitrogen and oxygen atoms in total. The van der Waals surface area contributed by atoms with Crippen LogP contribution in [0, 0.1) is 0 Å².